The monoisotopic (exact) mass is 248 g/mol. The summed E-state index contributed by atoms with van der Waals surface area (Å²) in [5.41, 5.74) is 0.886. The molecule has 0 heterocycles. The van der Waals surface area contributed by atoms with Crippen LogP contribution in [0.2, 0.25) is 0 Å². The average molecular weight is 248 g/mol. The van der Waals surface area contributed by atoms with Crippen LogP contribution in [0, 0.1) is 0 Å². The molecule has 0 bridgehead atoms. The minimum absolute atomic E-state index is 0.209. The molecular formula is C12H15F3O2. The zero-order chi connectivity index (χ0) is 13.3. The van der Waals surface area contributed by atoms with Gasteiger partial charge >= 0.3 is 6.36 Å². The van der Waals surface area contributed by atoms with Crippen LogP contribution >= 0.6 is 0 Å². The second-order valence-electron chi connectivity index (χ2n) is 4.77. The summed E-state index contributed by atoms with van der Waals surface area (Å²) in [7, 11) is 0. The van der Waals surface area contributed by atoms with E-state index in [-0.39, 0.29) is 17.8 Å². The summed E-state index contributed by atoms with van der Waals surface area (Å²) in [6, 6.07) is 3.97. The average Bonchev–Trinajstić information content (AvgIpc) is 2.13. The van der Waals surface area contributed by atoms with E-state index in [4.69, 9.17) is 5.11 Å². The number of benzene rings is 1. The van der Waals surface area contributed by atoms with Gasteiger partial charge in [0.25, 0.3) is 0 Å². The molecule has 1 N–H and O–H groups in total. The van der Waals surface area contributed by atoms with E-state index in [2.05, 4.69) is 4.74 Å². The van der Waals surface area contributed by atoms with Gasteiger partial charge in [0, 0.05) is 0 Å². The van der Waals surface area contributed by atoms with Gasteiger partial charge in [0.1, 0.15) is 5.75 Å². The molecule has 0 spiro atoms. The Balaban J connectivity index is 3.14. The highest BCUT2D eigenvalue weighted by atomic mass is 19.4. The highest BCUT2D eigenvalue weighted by Crippen LogP contribution is 2.31. The van der Waals surface area contributed by atoms with Crippen LogP contribution in [0.1, 0.15) is 31.9 Å². The number of hydrogen-bond acceptors (Lipinski definition) is 2. The van der Waals surface area contributed by atoms with E-state index >= 15 is 0 Å². The lowest BCUT2D eigenvalue weighted by Gasteiger charge is -2.23. The third-order valence-electron chi connectivity index (χ3n) is 2.29. The number of ether oxygens (including phenoxy) is 1. The molecule has 0 saturated carbocycles. The minimum atomic E-state index is -4.70. The van der Waals surface area contributed by atoms with E-state index < -0.39 is 6.36 Å². The Hall–Kier alpha value is -1.23. The molecule has 0 atom stereocenters. The largest absolute Gasteiger partial charge is 0.573 e. The van der Waals surface area contributed by atoms with Gasteiger partial charge in [-0.05, 0) is 28.7 Å². The second kappa shape index (κ2) is 4.56. The van der Waals surface area contributed by atoms with Crippen LogP contribution in [0.5, 0.6) is 5.75 Å². The maximum absolute atomic E-state index is 12.1. The van der Waals surface area contributed by atoms with E-state index in [9.17, 15) is 13.2 Å². The first kappa shape index (κ1) is 13.8. The van der Waals surface area contributed by atoms with Gasteiger partial charge in [0.05, 0.1) is 6.61 Å². The standard InChI is InChI=1S/C12H15F3O2/c1-11(2,3)10-6-9(17-12(13,14)15)5-4-8(10)7-16/h4-6,16H,7H2,1-3H3. The lowest BCUT2D eigenvalue weighted by atomic mass is 9.84. The number of halogens is 3. The normalized spacial score (nSPS) is 12.6. The van der Waals surface area contributed by atoms with Crippen LogP contribution in [-0.4, -0.2) is 11.5 Å². The number of hydrogen-bond donors (Lipinski definition) is 1. The quantitative estimate of drug-likeness (QED) is 0.869. The van der Waals surface area contributed by atoms with Crippen molar-refractivity contribution in [2.24, 2.45) is 0 Å². The maximum atomic E-state index is 12.1. The van der Waals surface area contributed by atoms with Crippen molar-refractivity contribution in [1.82, 2.24) is 0 Å². The van der Waals surface area contributed by atoms with E-state index in [1.54, 1.807) is 0 Å². The zero-order valence-corrected chi connectivity index (χ0v) is 9.93. The highest BCUT2D eigenvalue weighted by molar-refractivity contribution is 5.39. The predicted octanol–water partition coefficient (Wildman–Crippen LogP) is 3.38. The molecule has 96 valence electrons. The van der Waals surface area contributed by atoms with Gasteiger partial charge in [-0.25, -0.2) is 0 Å². The molecule has 0 radical (unpaired) electrons. The summed E-state index contributed by atoms with van der Waals surface area (Å²) in [5, 5.41) is 9.14. The molecule has 0 fully saturated rings. The lowest BCUT2D eigenvalue weighted by molar-refractivity contribution is -0.274. The third-order valence-corrected chi connectivity index (χ3v) is 2.29. The Morgan fingerprint density at radius 3 is 2.18 bits per heavy atom. The summed E-state index contributed by atoms with van der Waals surface area (Å²) in [6.07, 6.45) is -4.70. The fourth-order valence-corrected chi connectivity index (χ4v) is 1.59. The van der Waals surface area contributed by atoms with E-state index in [1.165, 1.54) is 18.2 Å². The molecule has 1 aromatic rings. The van der Waals surface area contributed by atoms with Crippen molar-refractivity contribution in [1.29, 1.82) is 0 Å². The summed E-state index contributed by atoms with van der Waals surface area (Å²) in [6.45, 7) is 5.37. The van der Waals surface area contributed by atoms with Crippen molar-refractivity contribution in [3.8, 4) is 5.75 Å². The maximum Gasteiger partial charge on any atom is 0.573 e. The zero-order valence-electron chi connectivity index (χ0n) is 9.93. The number of rotatable bonds is 2. The van der Waals surface area contributed by atoms with E-state index in [0.29, 0.717) is 11.1 Å². The Kier molecular flexibility index (Phi) is 3.71. The van der Waals surface area contributed by atoms with Crippen molar-refractivity contribution in [3.05, 3.63) is 29.3 Å². The minimum Gasteiger partial charge on any atom is -0.406 e. The topological polar surface area (TPSA) is 29.5 Å². The number of alkyl halides is 3. The molecule has 1 rings (SSSR count). The smallest absolute Gasteiger partial charge is 0.406 e. The molecule has 0 aliphatic heterocycles. The first-order valence-electron chi connectivity index (χ1n) is 5.13. The second-order valence-corrected chi connectivity index (χ2v) is 4.77. The fraction of sp³-hybridized carbons (Fsp3) is 0.500. The molecule has 17 heavy (non-hydrogen) atoms. The molecule has 0 unspecified atom stereocenters. The van der Waals surface area contributed by atoms with Gasteiger partial charge in [0.2, 0.25) is 0 Å². The number of aliphatic hydroxyl groups excluding tert-OH is 1. The highest BCUT2D eigenvalue weighted by Gasteiger charge is 2.31. The van der Waals surface area contributed by atoms with Gasteiger partial charge in [-0.2, -0.15) is 0 Å². The Labute approximate surface area is 98.0 Å². The molecule has 0 saturated heterocycles. The van der Waals surface area contributed by atoms with Crippen molar-refractivity contribution < 1.29 is 23.0 Å². The van der Waals surface area contributed by atoms with Gasteiger partial charge in [-0.3, -0.25) is 0 Å². The van der Waals surface area contributed by atoms with Crippen molar-refractivity contribution >= 4 is 0 Å². The first-order chi connectivity index (χ1) is 7.63. The molecule has 2 nitrogen and oxygen atoms in total. The Morgan fingerprint density at radius 2 is 1.76 bits per heavy atom. The molecule has 0 aliphatic rings. The van der Waals surface area contributed by atoms with Crippen LogP contribution in [0.4, 0.5) is 13.2 Å². The first-order valence-corrected chi connectivity index (χ1v) is 5.13. The molecule has 0 amide bonds. The van der Waals surface area contributed by atoms with Crippen molar-refractivity contribution in [2.45, 2.75) is 39.2 Å². The summed E-state index contributed by atoms with van der Waals surface area (Å²) in [5.74, 6) is -0.264. The summed E-state index contributed by atoms with van der Waals surface area (Å²) < 4.78 is 40.1. The molecule has 1 aromatic carbocycles. The van der Waals surface area contributed by atoms with E-state index in [1.807, 2.05) is 20.8 Å². The predicted molar refractivity (Wildman–Crippen MR) is 57.7 cm³/mol. The van der Waals surface area contributed by atoms with Crippen molar-refractivity contribution in [3.63, 3.8) is 0 Å². The Bertz CT molecular complexity index is 392. The number of aliphatic hydroxyl groups is 1. The summed E-state index contributed by atoms with van der Waals surface area (Å²) >= 11 is 0. The van der Waals surface area contributed by atoms with Crippen LogP contribution in [0.15, 0.2) is 18.2 Å². The van der Waals surface area contributed by atoms with Crippen LogP contribution in [0.3, 0.4) is 0 Å². The molecule has 0 aromatic heterocycles. The molecule has 5 heteroatoms. The van der Waals surface area contributed by atoms with Crippen LogP contribution in [-0.2, 0) is 12.0 Å². The van der Waals surface area contributed by atoms with Gasteiger partial charge < -0.3 is 9.84 Å². The molecule has 0 aliphatic carbocycles. The van der Waals surface area contributed by atoms with Gasteiger partial charge in [-0.1, -0.05) is 26.8 Å². The Morgan fingerprint density at radius 1 is 1.18 bits per heavy atom. The third kappa shape index (κ3) is 3.93. The lowest BCUT2D eigenvalue weighted by Crippen LogP contribution is -2.19. The van der Waals surface area contributed by atoms with Crippen LogP contribution in [0.25, 0.3) is 0 Å². The molecular weight excluding hydrogens is 233 g/mol. The summed E-state index contributed by atoms with van der Waals surface area (Å²) in [4.78, 5) is 0. The van der Waals surface area contributed by atoms with Gasteiger partial charge in [0.15, 0.2) is 0 Å². The van der Waals surface area contributed by atoms with E-state index in [0.717, 1.165) is 0 Å². The fourth-order valence-electron chi connectivity index (χ4n) is 1.59. The SMILES string of the molecule is CC(C)(C)c1cc(OC(F)(F)F)ccc1CO. The van der Waals surface area contributed by atoms with Crippen molar-refractivity contribution in [2.75, 3.05) is 0 Å². The van der Waals surface area contributed by atoms with Gasteiger partial charge in [-0.15, -0.1) is 13.2 Å². The van der Waals surface area contributed by atoms with Crippen LogP contribution < -0.4 is 4.74 Å².